The summed E-state index contributed by atoms with van der Waals surface area (Å²) in [5.74, 6) is -1.30. The maximum Gasteiger partial charge on any atom is 0.472 e. The lowest BCUT2D eigenvalue weighted by atomic mass is 10.0. The van der Waals surface area contributed by atoms with Crippen molar-refractivity contribution in [1.82, 2.24) is 0 Å². The second-order valence-corrected chi connectivity index (χ2v) is 32.5. The first-order valence-corrected chi connectivity index (χ1v) is 45.1. The minimum absolute atomic E-state index is 0.108. The summed E-state index contributed by atoms with van der Waals surface area (Å²) in [6.45, 7) is 7.35. The molecule has 17 nitrogen and oxygen atoms in total. The van der Waals surface area contributed by atoms with Crippen molar-refractivity contribution >= 4 is 39.5 Å². The van der Waals surface area contributed by atoms with Crippen molar-refractivity contribution in [3.05, 3.63) is 0 Å². The van der Waals surface area contributed by atoms with E-state index >= 15 is 0 Å². The van der Waals surface area contributed by atoms with Crippen LogP contribution >= 0.6 is 15.6 Å². The van der Waals surface area contributed by atoms with E-state index in [-0.39, 0.29) is 25.7 Å². The number of carbonyl (C=O) groups excluding carboxylic acids is 4. The molecule has 3 N–H and O–H groups in total. The SMILES string of the molecule is CCCCCCCCCCCCCCCCCCCCCC(=O)OC[C@H](COP(=O)(O)OC[C@@H](O)COP(=O)(O)OC[C@@H](COC(=O)CCCCCCCCCCCCC)OC(=O)CCCCCCCCCCCCC)OC(=O)CCCCCCCCCCCCCCCCCCC(C)C. The Morgan fingerprint density at radius 3 is 0.680 bits per heavy atom. The molecule has 594 valence electrons. The molecule has 0 fully saturated rings. The van der Waals surface area contributed by atoms with E-state index in [0.29, 0.717) is 25.7 Å². The number of phosphoric ester groups is 2. The van der Waals surface area contributed by atoms with E-state index in [9.17, 15) is 43.2 Å². The summed E-state index contributed by atoms with van der Waals surface area (Å²) in [4.78, 5) is 73.0. The highest BCUT2D eigenvalue weighted by Gasteiger charge is 2.30. The minimum atomic E-state index is -4.96. The second-order valence-electron chi connectivity index (χ2n) is 29.6. The van der Waals surface area contributed by atoms with E-state index in [0.717, 1.165) is 95.8 Å². The fourth-order valence-corrected chi connectivity index (χ4v) is 14.2. The van der Waals surface area contributed by atoms with Gasteiger partial charge in [0.2, 0.25) is 0 Å². The first-order chi connectivity index (χ1) is 48.5. The molecule has 100 heavy (non-hydrogen) atoms. The van der Waals surface area contributed by atoms with Crippen LogP contribution in [-0.4, -0.2) is 96.7 Å². The molecule has 2 unspecified atom stereocenters. The highest BCUT2D eigenvalue weighted by atomic mass is 31.2. The predicted octanol–water partition coefficient (Wildman–Crippen LogP) is 24.4. The molecule has 0 aliphatic heterocycles. The molecular weight excluding hydrogens is 1310 g/mol. The molecule has 0 rings (SSSR count). The summed E-state index contributed by atoms with van der Waals surface area (Å²) >= 11 is 0. The molecule has 0 radical (unpaired) electrons. The van der Waals surface area contributed by atoms with Crippen LogP contribution in [0.2, 0.25) is 0 Å². The van der Waals surface area contributed by atoms with Crippen LogP contribution in [0.3, 0.4) is 0 Å². The van der Waals surface area contributed by atoms with E-state index in [1.807, 2.05) is 0 Å². The van der Waals surface area contributed by atoms with E-state index < -0.39 is 97.5 Å². The van der Waals surface area contributed by atoms with E-state index in [2.05, 4.69) is 34.6 Å². The van der Waals surface area contributed by atoms with Crippen LogP contribution in [0, 0.1) is 5.92 Å². The van der Waals surface area contributed by atoms with Gasteiger partial charge in [-0.1, -0.05) is 381 Å². The van der Waals surface area contributed by atoms with Gasteiger partial charge in [0, 0.05) is 25.7 Å². The number of unbranched alkanes of at least 4 members (excludes halogenated alkanes) is 53. The van der Waals surface area contributed by atoms with Crippen molar-refractivity contribution in [2.24, 2.45) is 5.92 Å². The fourth-order valence-electron chi connectivity index (χ4n) is 12.6. The molecule has 0 saturated heterocycles. The van der Waals surface area contributed by atoms with Crippen LogP contribution in [0.15, 0.2) is 0 Å². The van der Waals surface area contributed by atoms with Gasteiger partial charge in [-0.05, 0) is 31.6 Å². The molecular formula is C81H158O17P2. The fraction of sp³-hybridized carbons (Fsp3) is 0.951. The third-order valence-electron chi connectivity index (χ3n) is 19.0. The molecule has 0 aliphatic carbocycles. The summed E-state index contributed by atoms with van der Waals surface area (Å²) in [6, 6.07) is 0. The highest BCUT2D eigenvalue weighted by molar-refractivity contribution is 7.47. The van der Waals surface area contributed by atoms with Crippen LogP contribution in [0.25, 0.3) is 0 Å². The Bertz CT molecular complexity index is 1910. The van der Waals surface area contributed by atoms with Gasteiger partial charge in [0.25, 0.3) is 0 Å². The smallest absolute Gasteiger partial charge is 0.462 e. The Labute approximate surface area is 613 Å². The normalized spacial score (nSPS) is 13.8. The summed E-state index contributed by atoms with van der Waals surface area (Å²) in [5.41, 5.74) is 0. The number of phosphoric acid groups is 2. The lowest BCUT2D eigenvalue weighted by Gasteiger charge is -2.21. The van der Waals surface area contributed by atoms with Crippen molar-refractivity contribution in [2.75, 3.05) is 39.6 Å². The molecule has 0 bridgehead atoms. The van der Waals surface area contributed by atoms with Crippen LogP contribution in [0.5, 0.6) is 0 Å². The summed E-state index contributed by atoms with van der Waals surface area (Å²) in [7, 11) is -9.92. The maximum absolute atomic E-state index is 13.1. The van der Waals surface area contributed by atoms with Gasteiger partial charge in [0.05, 0.1) is 26.4 Å². The molecule has 0 heterocycles. The average Bonchev–Trinajstić information content (AvgIpc) is 0.973. The molecule has 5 atom stereocenters. The van der Waals surface area contributed by atoms with Crippen molar-refractivity contribution < 1.29 is 80.2 Å². The zero-order chi connectivity index (χ0) is 73.4. The van der Waals surface area contributed by atoms with Crippen LogP contribution in [0.1, 0.15) is 433 Å². The Kier molecular flexibility index (Phi) is 72.5. The Hall–Kier alpha value is -1.94. The number of ether oxygens (including phenoxy) is 4. The summed E-state index contributed by atoms with van der Waals surface area (Å²) < 4.78 is 68.7. The zero-order valence-corrected chi connectivity index (χ0v) is 67.1. The number of hydrogen-bond donors (Lipinski definition) is 3. The van der Waals surface area contributed by atoms with Crippen LogP contribution in [0.4, 0.5) is 0 Å². The van der Waals surface area contributed by atoms with E-state index in [4.69, 9.17) is 37.0 Å². The van der Waals surface area contributed by atoms with Gasteiger partial charge >= 0.3 is 39.5 Å². The molecule has 0 spiro atoms. The standard InChI is InChI=1S/C81H158O17P2/c1-6-9-12-15-18-21-24-25-26-27-28-29-33-36-41-45-50-55-60-65-79(84)92-71-77(98-81(86)67-62-57-52-47-42-37-34-31-30-32-35-40-43-48-53-58-63-74(4)5)73-96-100(89,90)94-69-75(82)68-93-99(87,88)95-72-76(97-80(85)66-61-56-51-46-39-23-20-17-14-11-8-3)70-91-78(83)64-59-54-49-44-38-22-19-16-13-10-7-2/h74-77,82H,6-73H2,1-5H3,(H,87,88)(H,89,90)/t75-,76+,77+/m0/s1. The van der Waals surface area contributed by atoms with Gasteiger partial charge in [-0.15, -0.1) is 0 Å². The molecule has 0 aromatic heterocycles. The molecule has 0 aliphatic rings. The van der Waals surface area contributed by atoms with Gasteiger partial charge in [-0.25, -0.2) is 9.13 Å². The minimum Gasteiger partial charge on any atom is -0.462 e. The highest BCUT2D eigenvalue weighted by Crippen LogP contribution is 2.45. The van der Waals surface area contributed by atoms with Crippen molar-refractivity contribution in [2.45, 2.75) is 451 Å². The van der Waals surface area contributed by atoms with Crippen LogP contribution < -0.4 is 0 Å². The summed E-state index contributed by atoms with van der Waals surface area (Å²) in [6.07, 6.45) is 65.2. The average molecular weight is 1470 g/mol. The van der Waals surface area contributed by atoms with E-state index in [1.165, 1.54) is 257 Å². The lowest BCUT2D eigenvalue weighted by molar-refractivity contribution is -0.161. The first-order valence-electron chi connectivity index (χ1n) is 42.1. The number of rotatable bonds is 81. The molecule has 0 amide bonds. The number of aliphatic hydroxyl groups excluding tert-OH is 1. The Balaban J connectivity index is 5.21. The number of hydrogen-bond acceptors (Lipinski definition) is 15. The van der Waals surface area contributed by atoms with Gasteiger partial charge < -0.3 is 33.8 Å². The first kappa shape index (κ1) is 98.1. The van der Waals surface area contributed by atoms with E-state index in [1.54, 1.807) is 0 Å². The second kappa shape index (κ2) is 73.9. The maximum atomic E-state index is 13.1. The Morgan fingerprint density at radius 2 is 0.460 bits per heavy atom. The summed E-state index contributed by atoms with van der Waals surface area (Å²) in [5, 5.41) is 10.6. The number of aliphatic hydroxyl groups is 1. The van der Waals surface area contributed by atoms with Gasteiger partial charge in [0.15, 0.2) is 12.2 Å². The number of esters is 4. The zero-order valence-electron chi connectivity index (χ0n) is 65.3. The topological polar surface area (TPSA) is 237 Å². The molecule has 0 aromatic carbocycles. The van der Waals surface area contributed by atoms with Crippen LogP contribution in [-0.2, 0) is 65.4 Å². The molecule has 0 aromatic rings. The lowest BCUT2D eigenvalue weighted by Crippen LogP contribution is -2.30. The molecule has 0 saturated carbocycles. The third-order valence-corrected chi connectivity index (χ3v) is 20.9. The van der Waals surface area contributed by atoms with Gasteiger partial charge in [-0.2, -0.15) is 0 Å². The Morgan fingerprint density at radius 1 is 0.270 bits per heavy atom. The van der Waals surface area contributed by atoms with Gasteiger partial charge in [-0.3, -0.25) is 37.3 Å². The van der Waals surface area contributed by atoms with Crippen molar-refractivity contribution in [3.8, 4) is 0 Å². The predicted molar refractivity (Wildman–Crippen MR) is 409 cm³/mol. The van der Waals surface area contributed by atoms with Crippen molar-refractivity contribution in [3.63, 3.8) is 0 Å². The number of carbonyl (C=O) groups is 4. The molecule has 19 heteroatoms. The quantitative estimate of drug-likeness (QED) is 0.0222. The largest absolute Gasteiger partial charge is 0.472 e. The third kappa shape index (κ3) is 74.3. The monoisotopic (exact) mass is 1470 g/mol. The van der Waals surface area contributed by atoms with Gasteiger partial charge in [0.1, 0.15) is 19.3 Å². The van der Waals surface area contributed by atoms with Crippen molar-refractivity contribution in [1.29, 1.82) is 0 Å².